The quantitative estimate of drug-likeness (QED) is 0.766. The fraction of sp³-hybridized carbons (Fsp3) is 0.222. The Bertz CT molecular complexity index is 855. The van der Waals surface area contributed by atoms with E-state index < -0.39 is 15.7 Å². The summed E-state index contributed by atoms with van der Waals surface area (Å²) in [5.74, 6) is -0.210. The predicted molar refractivity (Wildman–Crippen MR) is 94.7 cm³/mol. The number of carbonyl (C=O) groups is 2. The standard InChI is InChI=1S/C18H19NO5S/c1-13(20)14-3-5-15(6-4-14)19-18(21)11-12-25(22,23)17-9-7-16(24-2)8-10-17/h3-10H,11-12H2,1-2H3,(H,19,21). The van der Waals surface area contributed by atoms with Gasteiger partial charge in [-0.15, -0.1) is 0 Å². The first kappa shape index (κ1) is 18.7. The van der Waals surface area contributed by atoms with Gasteiger partial charge in [0.15, 0.2) is 15.6 Å². The number of ether oxygens (including phenoxy) is 1. The minimum atomic E-state index is -3.55. The molecule has 25 heavy (non-hydrogen) atoms. The molecule has 0 unspecified atom stereocenters. The van der Waals surface area contributed by atoms with Gasteiger partial charge in [-0.05, 0) is 55.5 Å². The lowest BCUT2D eigenvalue weighted by molar-refractivity contribution is -0.115. The molecule has 0 saturated heterocycles. The Morgan fingerprint density at radius 3 is 2.12 bits per heavy atom. The highest BCUT2D eigenvalue weighted by atomic mass is 32.2. The summed E-state index contributed by atoms with van der Waals surface area (Å²) in [6.45, 7) is 1.46. The minimum absolute atomic E-state index is 0.0662. The van der Waals surface area contributed by atoms with Gasteiger partial charge in [0.2, 0.25) is 5.91 Å². The van der Waals surface area contributed by atoms with Gasteiger partial charge in [-0.1, -0.05) is 0 Å². The number of ketones is 1. The molecule has 0 saturated carbocycles. The number of rotatable bonds is 7. The van der Waals surface area contributed by atoms with E-state index in [2.05, 4.69) is 5.32 Å². The molecule has 0 aliphatic rings. The smallest absolute Gasteiger partial charge is 0.225 e. The van der Waals surface area contributed by atoms with Crippen molar-refractivity contribution >= 4 is 27.2 Å². The number of benzene rings is 2. The first-order valence-electron chi connectivity index (χ1n) is 7.59. The van der Waals surface area contributed by atoms with Crippen molar-refractivity contribution < 1.29 is 22.7 Å². The van der Waals surface area contributed by atoms with Crippen molar-refractivity contribution in [3.05, 3.63) is 54.1 Å². The van der Waals surface area contributed by atoms with Crippen LogP contribution < -0.4 is 10.1 Å². The van der Waals surface area contributed by atoms with Gasteiger partial charge in [0.05, 0.1) is 17.8 Å². The number of hydrogen-bond acceptors (Lipinski definition) is 5. The van der Waals surface area contributed by atoms with E-state index >= 15 is 0 Å². The number of carbonyl (C=O) groups excluding carboxylic acids is 2. The molecule has 0 atom stereocenters. The highest BCUT2D eigenvalue weighted by molar-refractivity contribution is 7.91. The Morgan fingerprint density at radius 1 is 1.00 bits per heavy atom. The van der Waals surface area contributed by atoms with Gasteiger partial charge >= 0.3 is 0 Å². The number of anilines is 1. The van der Waals surface area contributed by atoms with Crippen LogP contribution in [0.4, 0.5) is 5.69 Å². The summed E-state index contributed by atoms with van der Waals surface area (Å²) in [6, 6.07) is 12.4. The molecule has 6 nitrogen and oxygen atoms in total. The molecule has 1 N–H and O–H groups in total. The molecular weight excluding hydrogens is 342 g/mol. The Labute approximate surface area is 146 Å². The van der Waals surface area contributed by atoms with Crippen LogP contribution in [0.15, 0.2) is 53.4 Å². The first-order chi connectivity index (χ1) is 11.8. The second kappa shape index (κ2) is 7.94. The number of sulfone groups is 1. The zero-order valence-electron chi connectivity index (χ0n) is 14.0. The average Bonchev–Trinajstić information content (AvgIpc) is 2.60. The van der Waals surface area contributed by atoms with E-state index in [0.717, 1.165) is 0 Å². The van der Waals surface area contributed by atoms with E-state index in [4.69, 9.17) is 4.74 Å². The highest BCUT2D eigenvalue weighted by Gasteiger charge is 2.16. The number of methoxy groups -OCH3 is 1. The molecule has 7 heteroatoms. The van der Waals surface area contributed by atoms with Crippen LogP contribution in [0.3, 0.4) is 0 Å². The highest BCUT2D eigenvalue weighted by Crippen LogP contribution is 2.17. The van der Waals surface area contributed by atoms with Crippen molar-refractivity contribution in [2.45, 2.75) is 18.2 Å². The third kappa shape index (κ3) is 5.15. The molecule has 0 aliphatic carbocycles. The van der Waals surface area contributed by atoms with Crippen LogP contribution in [0.1, 0.15) is 23.7 Å². The fourth-order valence-electron chi connectivity index (χ4n) is 2.14. The minimum Gasteiger partial charge on any atom is -0.497 e. The molecule has 0 radical (unpaired) electrons. The summed E-state index contributed by atoms with van der Waals surface area (Å²) < 4.78 is 29.5. The molecule has 0 bridgehead atoms. The summed E-state index contributed by atoms with van der Waals surface area (Å²) in [7, 11) is -2.05. The van der Waals surface area contributed by atoms with E-state index in [1.54, 1.807) is 36.4 Å². The van der Waals surface area contributed by atoms with Crippen molar-refractivity contribution in [3.8, 4) is 5.75 Å². The number of hydrogen-bond donors (Lipinski definition) is 1. The lowest BCUT2D eigenvalue weighted by Gasteiger charge is -2.07. The van der Waals surface area contributed by atoms with Gasteiger partial charge in [-0.25, -0.2) is 8.42 Å². The first-order valence-corrected chi connectivity index (χ1v) is 9.25. The monoisotopic (exact) mass is 361 g/mol. The summed E-state index contributed by atoms with van der Waals surface area (Å²) in [4.78, 5) is 23.3. The van der Waals surface area contributed by atoms with E-state index in [1.807, 2.05) is 0 Å². The van der Waals surface area contributed by atoms with Gasteiger partial charge in [0.1, 0.15) is 5.75 Å². The van der Waals surface area contributed by atoms with Crippen LogP contribution in [0, 0.1) is 0 Å². The van der Waals surface area contributed by atoms with Crippen molar-refractivity contribution in [1.82, 2.24) is 0 Å². The van der Waals surface area contributed by atoms with E-state index in [9.17, 15) is 18.0 Å². The molecule has 1 amide bonds. The van der Waals surface area contributed by atoms with Crippen LogP contribution in [-0.4, -0.2) is 33.0 Å². The Morgan fingerprint density at radius 2 is 1.60 bits per heavy atom. The lowest BCUT2D eigenvalue weighted by Crippen LogP contribution is -2.17. The second-order valence-electron chi connectivity index (χ2n) is 5.43. The largest absolute Gasteiger partial charge is 0.497 e. The van der Waals surface area contributed by atoms with Crippen molar-refractivity contribution in [1.29, 1.82) is 0 Å². The van der Waals surface area contributed by atoms with Gasteiger partial charge in [-0.3, -0.25) is 9.59 Å². The fourth-order valence-corrected chi connectivity index (χ4v) is 3.38. The molecular formula is C18H19NO5S. The Balaban J connectivity index is 1.94. The summed E-state index contributed by atoms with van der Waals surface area (Å²) >= 11 is 0. The van der Waals surface area contributed by atoms with Crippen LogP contribution in [0.2, 0.25) is 0 Å². The average molecular weight is 361 g/mol. The predicted octanol–water partition coefficient (Wildman–Crippen LogP) is 2.70. The number of amides is 1. The van der Waals surface area contributed by atoms with Gasteiger partial charge in [-0.2, -0.15) is 0 Å². The zero-order valence-corrected chi connectivity index (χ0v) is 14.8. The maximum absolute atomic E-state index is 12.3. The van der Waals surface area contributed by atoms with Crippen LogP contribution in [0.5, 0.6) is 5.75 Å². The normalized spacial score (nSPS) is 11.0. The molecule has 2 aromatic carbocycles. The van der Waals surface area contributed by atoms with Gasteiger partial charge < -0.3 is 10.1 Å². The number of nitrogens with one attached hydrogen (secondary N) is 1. The third-order valence-corrected chi connectivity index (χ3v) is 5.32. The van der Waals surface area contributed by atoms with Crippen LogP contribution in [0.25, 0.3) is 0 Å². The zero-order chi connectivity index (χ0) is 18.4. The summed E-state index contributed by atoms with van der Waals surface area (Å²) in [5, 5.41) is 2.62. The van der Waals surface area contributed by atoms with Crippen molar-refractivity contribution in [3.63, 3.8) is 0 Å². The molecule has 0 heterocycles. The van der Waals surface area contributed by atoms with E-state index in [1.165, 1.54) is 26.2 Å². The third-order valence-electron chi connectivity index (χ3n) is 3.59. The summed E-state index contributed by atoms with van der Waals surface area (Å²) in [5.41, 5.74) is 1.05. The molecule has 2 rings (SSSR count). The Hall–Kier alpha value is -2.67. The van der Waals surface area contributed by atoms with Gasteiger partial charge in [0, 0.05) is 17.7 Å². The van der Waals surface area contributed by atoms with Gasteiger partial charge in [0.25, 0.3) is 0 Å². The summed E-state index contributed by atoms with van der Waals surface area (Å²) in [6.07, 6.45) is -0.164. The van der Waals surface area contributed by atoms with Crippen molar-refractivity contribution in [2.24, 2.45) is 0 Å². The molecule has 0 fully saturated rings. The van der Waals surface area contributed by atoms with Crippen LogP contribution >= 0.6 is 0 Å². The van der Waals surface area contributed by atoms with Crippen LogP contribution in [-0.2, 0) is 14.6 Å². The molecule has 2 aromatic rings. The van der Waals surface area contributed by atoms with E-state index in [0.29, 0.717) is 17.0 Å². The molecule has 0 aliphatic heterocycles. The topological polar surface area (TPSA) is 89.5 Å². The Kier molecular flexibility index (Phi) is 5.93. The lowest BCUT2D eigenvalue weighted by atomic mass is 10.1. The van der Waals surface area contributed by atoms with Crippen molar-refractivity contribution in [2.75, 3.05) is 18.2 Å². The molecule has 0 spiro atoms. The molecule has 0 aromatic heterocycles. The maximum atomic E-state index is 12.3. The number of Topliss-reactive ketones (excluding diaryl/α,β-unsaturated/α-hetero) is 1. The van der Waals surface area contributed by atoms with E-state index in [-0.39, 0.29) is 22.9 Å². The second-order valence-corrected chi connectivity index (χ2v) is 7.54. The molecule has 132 valence electrons. The maximum Gasteiger partial charge on any atom is 0.225 e. The SMILES string of the molecule is COc1ccc(S(=O)(=O)CCC(=O)Nc2ccc(C(C)=O)cc2)cc1.